The third-order valence-electron chi connectivity index (χ3n) is 4.97. The van der Waals surface area contributed by atoms with E-state index in [1.807, 2.05) is 0 Å². The lowest BCUT2D eigenvalue weighted by atomic mass is 9.79. The molecule has 96 valence electrons. The lowest BCUT2D eigenvalue weighted by Crippen LogP contribution is -2.60. The Morgan fingerprint density at radius 3 is 3.00 bits per heavy atom. The molecule has 3 aliphatic heterocycles. The van der Waals surface area contributed by atoms with Crippen LogP contribution < -0.4 is 5.32 Å². The van der Waals surface area contributed by atoms with Crippen molar-refractivity contribution in [2.75, 3.05) is 18.4 Å². The second-order valence-electron chi connectivity index (χ2n) is 5.89. The molecule has 0 amide bonds. The first-order valence-corrected chi connectivity index (χ1v) is 7.12. The second-order valence-corrected chi connectivity index (χ2v) is 5.89. The van der Waals surface area contributed by atoms with E-state index in [1.54, 1.807) is 0 Å². The van der Waals surface area contributed by atoms with Crippen LogP contribution in [-0.2, 0) is 0 Å². The van der Waals surface area contributed by atoms with Crippen LogP contribution in [0.2, 0.25) is 0 Å². The molecule has 3 heterocycles. The minimum atomic E-state index is -0.159. The summed E-state index contributed by atoms with van der Waals surface area (Å²) in [6.45, 7) is 2.29. The fourth-order valence-corrected chi connectivity index (χ4v) is 4.18. The molecule has 2 N–H and O–H groups in total. The summed E-state index contributed by atoms with van der Waals surface area (Å²) in [6, 6.07) is 9.37. The molecule has 0 bridgehead atoms. The van der Waals surface area contributed by atoms with Crippen LogP contribution in [0.4, 0.5) is 5.69 Å². The lowest BCUT2D eigenvalue weighted by Gasteiger charge is -2.48. The number of piperidine rings is 2. The Balaban J connectivity index is 1.70. The number of benzene rings is 1. The molecule has 0 spiro atoms. The smallest absolute Gasteiger partial charge is 0.0716 e. The summed E-state index contributed by atoms with van der Waals surface area (Å²) in [7, 11) is 0. The molecule has 3 nitrogen and oxygen atoms in total. The highest BCUT2D eigenvalue weighted by molar-refractivity contribution is 5.60. The van der Waals surface area contributed by atoms with Crippen molar-refractivity contribution in [1.29, 1.82) is 0 Å². The van der Waals surface area contributed by atoms with E-state index in [0.717, 1.165) is 25.9 Å². The Hall–Kier alpha value is -1.06. The van der Waals surface area contributed by atoms with Crippen LogP contribution in [-0.4, -0.2) is 41.3 Å². The van der Waals surface area contributed by atoms with Gasteiger partial charge in [0.25, 0.3) is 0 Å². The molecule has 0 saturated carbocycles. The van der Waals surface area contributed by atoms with E-state index in [-0.39, 0.29) is 6.10 Å². The van der Waals surface area contributed by atoms with E-state index in [0.29, 0.717) is 18.0 Å². The fourth-order valence-electron chi connectivity index (χ4n) is 4.18. The largest absolute Gasteiger partial charge is 0.391 e. The summed E-state index contributed by atoms with van der Waals surface area (Å²) >= 11 is 0. The van der Waals surface area contributed by atoms with Gasteiger partial charge in [-0.3, -0.25) is 4.90 Å². The quantitative estimate of drug-likeness (QED) is 0.730. The molecule has 1 aromatic rings. The number of anilines is 1. The maximum atomic E-state index is 10.3. The van der Waals surface area contributed by atoms with Crippen LogP contribution in [0.1, 0.15) is 30.7 Å². The van der Waals surface area contributed by atoms with Gasteiger partial charge in [-0.05, 0) is 44.0 Å². The van der Waals surface area contributed by atoms with Crippen molar-refractivity contribution >= 4 is 5.69 Å². The number of aliphatic hydroxyl groups excluding tert-OH is 1. The molecule has 4 atom stereocenters. The van der Waals surface area contributed by atoms with E-state index in [9.17, 15) is 5.11 Å². The third-order valence-corrected chi connectivity index (χ3v) is 4.97. The van der Waals surface area contributed by atoms with Gasteiger partial charge in [-0.25, -0.2) is 0 Å². The summed E-state index contributed by atoms with van der Waals surface area (Å²) in [5.41, 5.74) is 2.74. The van der Waals surface area contributed by atoms with E-state index in [4.69, 9.17) is 0 Å². The Labute approximate surface area is 108 Å². The molecule has 0 aliphatic carbocycles. The number of para-hydroxylation sites is 1. The zero-order valence-corrected chi connectivity index (χ0v) is 10.5. The van der Waals surface area contributed by atoms with Gasteiger partial charge in [0.05, 0.1) is 18.2 Å². The van der Waals surface area contributed by atoms with Gasteiger partial charge in [0, 0.05) is 11.6 Å². The average molecular weight is 244 g/mol. The fraction of sp³-hybridized carbons (Fsp3) is 0.600. The van der Waals surface area contributed by atoms with Crippen LogP contribution in [0.3, 0.4) is 0 Å². The topological polar surface area (TPSA) is 35.5 Å². The first kappa shape index (κ1) is 10.8. The second kappa shape index (κ2) is 3.97. The number of hydrogen-bond donors (Lipinski definition) is 2. The molecule has 4 unspecified atom stereocenters. The molecule has 18 heavy (non-hydrogen) atoms. The van der Waals surface area contributed by atoms with E-state index in [2.05, 4.69) is 34.5 Å². The molecule has 1 aromatic carbocycles. The molecule has 0 radical (unpaired) electrons. The number of aliphatic hydroxyl groups is 1. The number of hydrogen-bond acceptors (Lipinski definition) is 3. The van der Waals surface area contributed by atoms with Crippen molar-refractivity contribution in [3.05, 3.63) is 29.8 Å². The minimum absolute atomic E-state index is 0.159. The van der Waals surface area contributed by atoms with E-state index in [1.165, 1.54) is 17.7 Å². The highest BCUT2D eigenvalue weighted by Gasteiger charge is 2.47. The van der Waals surface area contributed by atoms with Crippen LogP contribution in [0.15, 0.2) is 24.3 Å². The van der Waals surface area contributed by atoms with Gasteiger partial charge in [0.2, 0.25) is 0 Å². The van der Waals surface area contributed by atoms with Crippen LogP contribution in [0.25, 0.3) is 0 Å². The van der Waals surface area contributed by atoms with Crippen molar-refractivity contribution < 1.29 is 5.11 Å². The van der Waals surface area contributed by atoms with Crippen molar-refractivity contribution in [2.45, 2.75) is 43.4 Å². The van der Waals surface area contributed by atoms with Crippen molar-refractivity contribution in [2.24, 2.45) is 0 Å². The molecule has 4 rings (SSSR count). The van der Waals surface area contributed by atoms with Gasteiger partial charge >= 0.3 is 0 Å². The first-order chi connectivity index (χ1) is 8.84. The first-order valence-electron chi connectivity index (χ1n) is 7.12. The van der Waals surface area contributed by atoms with Crippen molar-refractivity contribution in [3.63, 3.8) is 0 Å². The SMILES string of the molecule is OC1CCCN2CCC3c4ccccc4NC3C12. The molecule has 0 aromatic heterocycles. The summed E-state index contributed by atoms with van der Waals surface area (Å²) in [5, 5.41) is 14.0. The molecular formula is C15H20N2O. The molecular weight excluding hydrogens is 224 g/mol. The Kier molecular flexibility index (Phi) is 2.39. The highest BCUT2D eigenvalue weighted by Crippen LogP contribution is 2.44. The molecule has 2 fully saturated rings. The van der Waals surface area contributed by atoms with E-state index >= 15 is 0 Å². The summed E-state index contributed by atoms with van der Waals surface area (Å²) in [5.74, 6) is 0.593. The number of fused-ring (bicyclic) bond motifs is 5. The predicted octanol–water partition coefficient (Wildman–Crippen LogP) is 1.79. The molecule has 2 saturated heterocycles. The van der Waals surface area contributed by atoms with E-state index < -0.39 is 0 Å². The summed E-state index contributed by atoms with van der Waals surface area (Å²) in [6.07, 6.45) is 3.16. The number of nitrogens with one attached hydrogen (secondary N) is 1. The summed E-state index contributed by atoms with van der Waals surface area (Å²) < 4.78 is 0. The minimum Gasteiger partial charge on any atom is -0.391 e. The lowest BCUT2D eigenvalue weighted by molar-refractivity contribution is -0.0187. The zero-order valence-electron chi connectivity index (χ0n) is 10.5. The standard InChI is InChI=1S/C15H20N2O/c18-13-6-3-8-17-9-7-11-10-4-1-2-5-12(10)16-14(11)15(13)17/h1-2,4-5,11,13-16,18H,3,6-9H2. The highest BCUT2D eigenvalue weighted by atomic mass is 16.3. The molecule has 3 aliphatic rings. The maximum absolute atomic E-state index is 10.3. The third kappa shape index (κ3) is 1.44. The van der Waals surface area contributed by atoms with Crippen LogP contribution in [0, 0.1) is 0 Å². The van der Waals surface area contributed by atoms with Crippen LogP contribution in [0.5, 0.6) is 0 Å². The average Bonchev–Trinajstić information content (AvgIpc) is 2.77. The van der Waals surface area contributed by atoms with Gasteiger partial charge in [0.15, 0.2) is 0 Å². The van der Waals surface area contributed by atoms with Crippen molar-refractivity contribution in [3.8, 4) is 0 Å². The van der Waals surface area contributed by atoms with Gasteiger partial charge in [-0.2, -0.15) is 0 Å². The Morgan fingerprint density at radius 2 is 2.06 bits per heavy atom. The number of rotatable bonds is 0. The monoisotopic (exact) mass is 244 g/mol. The maximum Gasteiger partial charge on any atom is 0.0716 e. The van der Waals surface area contributed by atoms with Crippen LogP contribution >= 0.6 is 0 Å². The van der Waals surface area contributed by atoms with Gasteiger partial charge in [-0.1, -0.05) is 18.2 Å². The number of nitrogens with zero attached hydrogens (tertiary/aromatic N) is 1. The Morgan fingerprint density at radius 1 is 1.17 bits per heavy atom. The van der Waals surface area contributed by atoms with Gasteiger partial charge in [0.1, 0.15) is 0 Å². The molecule has 3 heteroatoms. The van der Waals surface area contributed by atoms with Gasteiger partial charge in [-0.15, -0.1) is 0 Å². The van der Waals surface area contributed by atoms with Crippen molar-refractivity contribution in [1.82, 2.24) is 4.90 Å². The predicted molar refractivity (Wildman–Crippen MR) is 71.8 cm³/mol. The summed E-state index contributed by atoms with van der Waals surface area (Å²) in [4.78, 5) is 2.49. The zero-order chi connectivity index (χ0) is 12.1. The Bertz CT molecular complexity index is 462. The van der Waals surface area contributed by atoms with Gasteiger partial charge < -0.3 is 10.4 Å². The normalized spacial score (nSPS) is 38.5.